The fourth-order valence-electron chi connectivity index (χ4n) is 3.17. The highest BCUT2D eigenvalue weighted by Crippen LogP contribution is 2.35. The summed E-state index contributed by atoms with van der Waals surface area (Å²) in [7, 11) is 0. The average molecular weight is 283 g/mol. The van der Waals surface area contributed by atoms with Crippen LogP contribution in [0.25, 0.3) is 5.69 Å². The Kier molecular flexibility index (Phi) is 4.11. The highest BCUT2D eigenvalue weighted by atomic mass is 15.3. The zero-order chi connectivity index (χ0) is 14.8. The smallest absolute Gasteiger partial charge is 0.0648 e. The number of aromatic nitrogens is 2. The van der Waals surface area contributed by atoms with Gasteiger partial charge in [-0.2, -0.15) is 5.10 Å². The molecule has 1 saturated carbocycles. The second-order valence-corrected chi connectivity index (χ2v) is 6.17. The van der Waals surface area contributed by atoms with E-state index in [2.05, 4.69) is 55.0 Å². The van der Waals surface area contributed by atoms with Gasteiger partial charge in [-0.25, -0.2) is 4.68 Å². The lowest BCUT2D eigenvalue weighted by Gasteiger charge is -2.06. The van der Waals surface area contributed by atoms with Crippen LogP contribution in [0.1, 0.15) is 43.1 Å². The van der Waals surface area contributed by atoms with Gasteiger partial charge in [0.1, 0.15) is 0 Å². The van der Waals surface area contributed by atoms with E-state index in [9.17, 15) is 0 Å². The van der Waals surface area contributed by atoms with Crippen molar-refractivity contribution >= 4 is 0 Å². The number of aryl methyl sites for hydroxylation is 1. The molecule has 1 heterocycles. The molecule has 0 bridgehead atoms. The fraction of sp³-hybridized carbons (Fsp3) is 0.500. The van der Waals surface area contributed by atoms with Gasteiger partial charge in [-0.05, 0) is 44.7 Å². The highest BCUT2D eigenvalue weighted by Gasteiger charge is 2.35. The van der Waals surface area contributed by atoms with Crippen molar-refractivity contribution in [3.05, 3.63) is 47.3 Å². The topological polar surface area (TPSA) is 29.9 Å². The second-order valence-electron chi connectivity index (χ2n) is 6.17. The van der Waals surface area contributed by atoms with Gasteiger partial charge >= 0.3 is 0 Å². The van der Waals surface area contributed by atoms with Crippen molar-refractivity contribution in [2.45, 2.75) is 52.6 Å². The first-order valence-corrected chi connectivity index (χ1v) is 8.04. The molecule has 2 atom stereocenters. The summed E-state index contributed by atoms with van der Waals surface area (Å²) in [4.78, 5) is 0. The molecule has 1 aliphatic carbocycles. The van der Waals surface area contributed by atoms with Gasteiger partial charge in [0.25, 0.3) is 0 Å². The molecule has 0 aliphatic heterocycles. The molecule has 3 heteroatoms. The Hall–Kier alpha value is -1.61. The van der Waals surface area contributed by atoms with Crippen LogP contribution in [0.5, 0.6) is 0 Å². The van der Waals surface area contributed by atoms with E-state index in [1.807, 2.05) is 6.07 Å². The van der Waals surface area contributed by atoms with Crippen LogP contribution < -0.4 is 5.32 Å². The zero-order valence-corrected chi connectivity index (χ0v) is 13.3. The summed E-state index contributed by atoms with van der Waals surface area (Å²) in [5.74, 6) is 0.903. The summed E-state index contributed by atoms with van der Waals surface area (Å²) in [6.07, 6.45) is 4.00. The van der Waals surface area contributed by atoms with Gasteiger partial charge in [-0.3, -0.25) is 0 Å². The largest absolute Gasteiger partial charge is 0.309 e. The molecule has 0 spiro atoms. The molecular formula is C18H25N3. The summed E-state index contributed by atoms with van der Waals surface area (Å²) in [6, 6.07) is 11.1. The molecule has 2 aromatic rings. The third kappa shape index (κ3) is 3.03. The van der Waals surface area contributed by atoms with Gasteiger partial charge in [0.15, 0.2) is 0 Å². The van der Waals surface area contributed by atoms with Crippen molar-refractivity contribution in [3.63, 3.8) is 0 Å². The minimum absolute atomic E-state index is 0.726. The van der Waals surface area contributed by atoms with Crippen LogP contribution in [0.15, 0.2) is 30.3 Å². The molecule has 112 valence electrons. The summed E-state index contributed by atoms with van der Waals surface area (Å²) < 4.78 is 2.06. The molecule has 0 amide bonds. The molecule has 1 fully saturated rings. The molecule has 1 N–H and O–H groups in total. The number of benzene rings is 1. The van der Waals surface area contributed by atoms with Gasteiger partial charge < -0.3 is 5.32 Å². The van der Waals surface area contributed by atoms with E-state index in [-0.39, 0.29) is 0 Å². The van der Waals surface area contributed by atoms with E-state index in [1.54, 1.807) is 0 Å². The maximum Gasteiger partial charge on any atom is 0.0648 e. The Morgan fingerprint density at radius 2 is 2.00 bits per heavy atom. The summed E-state index contributed by atoms with van der Waals surface area (Å²) >= 11 is 0. The Bertz CT molecular complexity index is 600. The second kappa shape index (κ2) is 6.02. The molecule has 1 aromatic carbocycles. The lowest BCUT2D eigenvalue weighted by molar-refractivity contribution is 0.597. The van der Waals surface area contributed by atoms with Gasteiger partial charge in [0.2, 0.25) is 0 Å². The van der Waals surface area contributed by atoms with Crippen LogP contribution in [-0.4, -0.2) is 15.8 Å². The van der Waals surface area contributed by atoms with Crippen LogP contribution in [-0.2, 0) is 6.54 Å². The van der Waals surface area contributed by atoms with Crippen molar-refractivity contribution in [2.24, 2.45) is 5.92 Å². The number of hydrogen-bond acceptors (Lipinski definition) is 2. The molecule has 3 nitrogen and oxygen atoms in total. The molecular weight excluding hydrogens is 258 g/mol. The minimum atomic E-state index is 0.726. The summed E-state index contributed by atoms with van der Waals surface area (Å²) in [6.45, 7) is 7.49. The van der Waals surface area contributed by atoms with E-state index >= 15 is 0 Å². The first kappa shape index (κ1) is 14.3. The minimum Gasteiger partial charge on any atom is -0.309 e. The third-order valence-electron chi connectivity index (χ3n) is 4.57. The quantitative estimate of drug-likeness (QED) is 0.874. The fourth-order valence-corrected chi connectivity index (χ4v) is 3.17. The van der Waals surface area contributed by atoms with Crippen molar-refractivity contribution in [1.29, 1.82) is 0 Å². The van der Waals surface area contributed by atoms with Crippen molar-refractivity contribution in [3.8, 4) is 5.69 Å². The molecule has 2 unspecified atom stereocenters. The van der Waals surface area contributed by atoms with Gasteiger partial charge in [0, 0.05) is 23.8 Å². The van der Waals surface area contributed by atoms with E-state index in [1.165, 1.54) is 30.5 Å². The SMILES string of the molecule is CCCC1CC1NCc1c(C)nn(-c2ccccc2)c1C. The van der Waals surface area contributed by atoms with Gasteiger partial charge in [-0.15, -0.1) is 0 Å². The predicted octanol–water partition coefficient (Wildman–Crippen LogP) is 3.77. The maximum absolute atomic E-state index is 4.71. The number of nitrogens with one attached hydrogen (secondary N) is 1. The van der Waals surface area contributed by atoms with Crippen LogP contribution >= 0.6 is 0 Å². The first-order valence-electron chi connectivity index (χ1n) is 8.04. The number of para-hydroxylation sites is 1. The van der Waals surface area contributed by atoms with E-state index < -0.39 is 0 Å². The van der Waals surface area contributed by atoms with Gasteiger partial charge in [0.05, 0.1) is 11.4 Å². The Balaban J connectivity index is 1.71. The normalized spacial score (nSPS) is 20.7. The Morgan fingerprint density at radius 1 is 1.24 bits per heavy atom. The summed E-state index contributed by atoms with van der Waals surface area (Å²) in [5.41, 5.74) is 4.87. The molecule has 0 saturated heterocycles. The van der Waals surface area contributed by atoms with Crippen LogP contribution in [0.3, 0.4) is 0 Å². The van der Waals surface area contributed by atoms with E-state index in [0.717, 1.165) is 29.9 Å². The number of hydrogen-bond donors (Lipinski definition) is 1. The number of nitrogens with zero attached hydrogens (tertiary/aromatic N) is 2. The third-order valence-corrected chi connectivity index (χ3v) is 4.57. The summed E-state index contributed by atoms with van der Waals surface area (Å²) in [5, 5.41) is 8.41. The highest BCUT2D eigenvalue weighted by molar-refractivity contribution is 5.36. The lowest BCUT2D eigenvalue weighted by atomic mass is 10.2. The Labute approximate surface area is 127 Å². The lowest BCUT2D eigenvalue weighted by Crippen LogP contribution is -2.18. The standard InChI is InChI=1S/C18H25N3/c1-4-8-15-11-18(15)19-12-17-13(2)20-21(14(17)3)16-9-6-5-7-10-16/h5-7,9-10,15,18-19H,4,8,11-12H2,1-3H3. The first-order chi connectivity index (χ1) is 10.2. The van der Waals surface area contributed by atoms with Crippen molar-refractivity contribution in [2.75, 3.05) is 0 Å². The van der Waals surface area contributed by atoms with Crippen molar-refractivity contribution < 1.29 is 0 Å². The molecule has 1 aromatic heterocycles. The molecule has 21 heavy (non-hydrogen) atoms. The van der Waals surface area contributed by atoms with Crippen LogP contribution in [0, 0.1) is 19.8 Å². The Morgan fingerprint density at radius 3 is 2.71 bits per heavy atom. The van der Waals surface area contributed by atoms with Crippen LogP contribution in [0.2, 0.25) is 0 Å². The molecule has 0 radical (unpaired) electrons. The van der Waals surface area contributed by atoms with Crippen LogP contribution in [0.4, 0.5) is 0 Å². The van der Waals surface area contributed by atoms with Crippen molar-refractivity contribution in [1.82, 2.24) is 15.1 Å². The zero-order valence-electron chi connectivity index (χ0n) is 13.3. The number of rotatable bonds is 6. The maximum atomic E-state index is 4.71. The van der Waals surface area contributed by atoms with E-state index in [4.69, 9.17) is 5.10 Å². The predicted molar refractivity (Wildman–Crippen MR) is 86.7 cm³/mol. The average Bonchev–Trinajstić information content (AvgIpc) is 3.17. The van der Waals surface area contributed by atoms with E-state index in [0.29, 0.717) is 0 Å². The molecule has 3 rings (SSSR count). The van der Waals surface area contributed by atoms with Gasteiger partial charge in [-0.1, -0.05) is 31.5 Å². The monoisotopic (exact) mass is 283 g/mol. The molecule has 1 aliphatic rings.